The number of hydrogen-bond donors (Lipinski definition) is 4. The number of phosphoric ester groups is 1. The molecule has 0 saturated carbocycles. The first kappa shape index (κ1) is 25.2. The molecule has 0 fully saturated rings. The van der Waals surface area contributed by atoms with E-state index < -0.39 is 27.1 Å². The Morgan fingerprint density at radius 3 is 2.00 bits per heavy atom. The SMILES string of the molecule is O.O=P(O)(O)OCC(O)CO.[H-].[H-].[K+].[K+]. The summed E-state index contributed by atoms with van der Waals surface area (Å²) in [5, 5.41) is 16.7. The normalized spacial score (nSPS) is 11.7. The van der Waals surface area contributed by atoms with E-state index in [0.29, 0.717) is 0 Å². The Morgan fingerprint density at radius 1 is 1.38 bits per heavy atom. The van der Waals surface area contributed by atoms with E-state index in [-0.39, 0.29) is 111 Å². The van der Waals surface area contributed by atoms with Crippen LogP contribution in [0.1, 0.15) is 2.85 Å². The summed E-state index contributed by atoms with van der Waals surface area (Å²) in [4.78, 5) is 16.1. The molecular formula is C3H13K2O7P. The van der Waals surface area contributed by atoms with Crippen molar-refractivity contribution < 1.29 is 140 Å². The van der Waals surface area contributed by atoms with Crippen LogP contribution in [0.15, 0.2) is 0 Å². The van der Waals surface area contributed by atoms with Gasteiger partial charge in [0.15, 0.2) is 0 Å². The van der Waals surface area contributed by atoms with E-state index in [9.17, 15) is 4.57 Å². The van der Waals surface area contributed by atoms with Crippen LogP contribution in [0, 0.1) is 0 Å². The smallest absolute Gasteiger partial charge is 1.00 e. The summed E-state index contributed by atoms with van der Waals surface area (Å²) in [6, 6.07) is 0. The summed E-state index contributed by atoms with van der Waals surface area (Å²) in [7, 11) is -4.50. The fourth-order valence-electron chi connectivity index (χ4n) is 0.236. The molecule has 0 aliphatic rings. The van der Waals surface area contributed by atoms with Crippen molar-refractivity contribution in [2.24, 2.45) is 0 Å². The number of phosphoric acid groups is 1. The van der Waals surface area contributed by atoms with Crippen LogP contribution < -0.4 is 103 Å². The van der Waals surface area contributed by atoms with Crippen molar-refractivity contribution >= 4 is 7.82 Å². The number of aliphatic hydroxyl groups is 2. The molecule has 1 atom stereocenters. The van der Waals surface area contributed by atoms with Crippen molar-refractivity contribution in [1.82, 2.24) is 0 Å². The van der Waals surface area contributed by atoms with Crippen LogP contribution in [0.3, 0.4) is 0 Å². The number of rotatable bonds is 4. The predicted molar refractivity (Wildman–Crippen MR) is 36.9 cm³/mol. The second-order valence-electron chi connectivity index (χ2n) is 1.62. The monoisotopic (exact) mass is 270 g/mol. The van der Waals surface area contributed by atoms with E-state index in [0.717, 1.165) is 0 Å². The molecule has 74 valence electrons. The first-order valence-corrected chi connectivity index (χ1v) is 3.98. The van der Waals surface area contributed by atoms with Crippen LogP contribution in [0.25, 0.3) is 0 Å². The van der Waals surface area contributed by atoms with E-state index in [4.69, 9.17) is 20.0 Å². The second kappa shape index (κ2) is 13.3. The maximum absolute atomic E-state index is 9.93. The Hall–Kier alpha value is 3.26. The van der Waals surface area contributed by atoms with Crippen molar-refractivity contribution in [3.63, 3.8) is 0 Å². The van der Waals surface area contributed by atoms with Crippen LogP contribution in [-0.4, -0.2) is 44.8 Å². The maximum Gasteiger partial charge on any atom is 1.00 e. The van der Waals surface area contributed by atoms with Gasteiger partial charge >= 0.3 is 111 Å². The molecule has 0 bridgehead atoms. The van der Waals surface area contributed by atoms with E-state index in [1.54, 1.807) is 0 Å². The van der Waals surface area contributed by atoms with Gasteiger partial charge in [-0.1, -0.05) is 0 Å². The van der Waals surface area contributed by atoms with Crippen LogP contribution in [0.2, 0.25) is 0 Å². The summed E-state index contributed by atoms with van der Waals surface area (Å²) in [5.41, 5.74) is 0. The quantitative estimate of drug-likeness (QED) is 0.295. The molecule has 0 heterocycles. The summed E-state index contributed by atoms with van der Waals surface area (Å²) in [6.45, 7) is -1.15. The fourth-order valence-corrected chi connectivity index (χ4v) is 0.602. The first-order chi connectivity index (χ1) is 4.45. The van der Waals surface area contributed by atoms with Crippen molar-refractivity contribution in [2.75, 3.05) is 13.2 Å². The van der Waals surface area contributed by atoms with Gasteiger partial charge in [0.1, 0.15) is 6.10 Å². The molecule has 0 spiro atoms. The molecule has 13 heavy (non-hydrogen) atoms. The molecule has 0 aromatic carbocycles. The van der Waals surface area contributed by atoms with Crippen LogP contribution in [0.4, 0.5) is 0 Å². The molecule has 0 aromatic rings. The average molecular weight is 270 g/mol. The molecule has 0 amide bonds. The molecule has 7 nitrogen and oxygen atoms in total. The zero-order valence-corrected chi connectivity index (χ0v) is 14.7. The van der Waals surface area contributed by atoms with Gasteiger partial charge in [0.2, 0.25) is 0 Å². The first-order valence-electron chi connectivity index (χ1n) is 2.44. The minimum absolute atomic E-state index is 0. The van der Waals surface area contributed by atoms with Gasteiger partial charge in [0.25, 0.3) is 0 Å². The second-order valence-corrected chi connectivity index (χ2v) is 2.86. The third-order valence-corrected chi connectivity index (χ3v) is 1.13. The van der Waals surface area contributed by atoms with Gasteiger partial charge in [-0.2, -0.15) is 0 Å². The third-order valence-electron chi connectivity index (χ3n) is 0.646. The van der Waals surface area contributed by atoms with E-state index in [2.05, 4.69) is 4.52 Å². The largest absolute Gasteiger partial charge is 1.00 e. The molecule has 0 radical (unpaired) electrons. The average Bonchev–Trinajstić information content (AvgIpc) is 1.81. The zero-order valence-electron chi connectivity index (χ0n) is 9.54. The minimum atomic E-state index is -4.50. The molecule has 6 N–H and O–H groups in total. The predicted octanol–water partition coefficient (Wildman–Crippen LogP) is -8.14. The molecule has 0 rings (SSSR count). The standard InChI is InChI=1S/C3H9O6P.2K.H2O.2H/c4-1-3(5)2-9-10(6,7)8;;;;;/h3-5H,1-2H2,(H2,6,7,8);;;1H2;;/q;2*+1;;2*-1. The Morgan fingerprint density at radius 2 is 1.77 bits per heavy atom. The Kier molecular flexibility index (Phi) is 25.8. The van der Waals surface area contributed by atoms with Gasteiger partial charge in [-0.15, -0.1) is 0 Å². The van der Waals surface area contributed by atoms with E-state index in [1.165, 1.54) is 0 Å². The summed E-state index contributed by atoms with van der Waals surface area (Å²) in [5.74, 6) is 0. The van der Waals surface area contributed by atoms with Crippen molar-refractivity contribution in [1.29, 1.82) is 0 Å². The van der Waals surface area contributed by atoms with Gasteiger partial charge in [0.05, 0.1) is 13.2 Å². The van der Waals surface area contributed by atoms with Crippen LogP contribution >= 0.6 is 7.82 Å². The Bertz CT molecular complexity index is 146. The van der Waals surface area contributed by atoms with Gasteiger partial charge in [-0.3, -0.25) is 4.52 Å². The fraction of sp³-hybridized carbons (Fsp3) is 1.00. The number of hydrogen-bond acceptors (Lipinski definition) is 4. The molecule has 10 heteroatoms. The van der Waals surface area contributed by atoms with Gasteiger partial charge < -0.3 is 28.3 Å². The van der Waals surface area contributed by atoms with Gasteiger partial charge in [0, 0.05) is 0 Å². The van der Waals surface area contributed by atoms with Crippen molar-refractivity contribution in [3.8, 4) is 0 Å². The molecule has 1 unspecified atom stereocenters. The number of aliphatic hydroxyl groups excluding tert-OH is 2. The van der Waals surface area contributed by atoms with Crippen LogP contribution in [-0.2, 0) is 9.09 Å². The van der Waals surface area contributed by atoms with Crippen LogP contribution in [0.5, 0.6) is 0 Å². The van der Waals surface area contributed by atoms with Crippen molar-refractivity contribution in [3.05, 3.63) is 0 Å². The summed E-state index contributed by atoms with van der Waals surface area (Å²) in [6.07, 6.45) is -1.24. The summed E-state index contributed by atoms with van der Waals surface area (Å²) >= 11 is 0. The summed E-state index contributed by atoms with van der Waals surface area (Å²) < 4.78 is 13.8. The van der Waals surface area contributed by atoms with E-state index in [1.807, 2.05) is 0 Å². The molecule has 0 aliphatic carbocycles. The molecular weight excluding hydrogens is 257 g/mol. The van der Waals surface area contributed by atoms with Crippen molar-refractivity contribution in [2.45, 2.75) is 6.10 Å². The minimum Gasteiger partial charge on any atom is -1.00 e. The zero-order chi connectivity index (χ0) is 8.20. The Balaban J connectivity index is -0.0000000405. The van der Waals surface area contributed by atoms with Gasteiger partial charge in [-0.25, -0.2) is 4.57 Å². The van der Waals surface area contributed by atoms with Gasteiger partial charge in [-0.05, 0) is 0 Å². The Labute approximate surface area is 164 Å². The van der Waals surface area contributed by atoms with E-state index >= 15 is 0 Å². The third kappa shape index (κ3) is 21.2. The topological polar surface area (TPSA) is 139 Å². The molecule has 0 aromatic heterocycles. The molecule has 0 saturated heterocycles. The maximum atomic E-state index is 9.93. The molecule has 0 aliphatic heterocycles.